The maximum Gasteiger partial charge on any atom is 0.239 e. The third-order valence-electron chi connectivity index (χ3n) is 3.16. The first-order chi connectivity index (χ1) is 9.99. The highest BCUT2D eigenvalue weighted by atomic mass is 35.5. The van der Waals surface area contributed by atoms with Crippen LogP contribution in [0.4, 0.5) is 5.69 Å². The number of likely N-dealkylation sites (N-methyl/N-ethyl adjacent to an activating group) is 1. The average Bonchev–Trinajstić information content (AvgIpc) is 2.80. The van der Waals surface area contributed by atoms with Gasteiger partial charge in [0.05, 0.1) is 5.52 Å². The summed E-state index contributed by atoms with van der Waals surface area (Å²) >= 11 is 0. The van der Waals surface area contributed by atoms with Crippen molar-refractivity contribution in [1.82, 2.24) is 9.88 Å². The SMILES string of the molecule is CNC(=O)Cn1ccc2ccc(NC(=O)CC(C)N)cc21.Cl. The fourth-order valence-corrected chi connectivity index (χ4v) is 2.14. The summed E-state index contributed by atoms with van der Waals surface area (Å²) in [5.41, 5.74) is 7.21. The molecular weight excluding hydrogens is 304 g/mol. The number of aromatic nitrogens is 1. The van der Waals surface area contributed by atoms with Crippen molar-refractivity contribution in [2.75, 3.05) is 12.4 Å². The van der Waals surface area contributed by atoms with Gasteiger partial charge in [0.1, 0.15) is 6.54 Å². The largest absolute Gasteiger partial charge is 0.358 e. The Balaban J connectivity index is 0.00000242. The van der Waals surface area contributed by atoms with Gasteiger partial charge in [0.2, 0.25) is 11.8 Å². The summed E-state index contributed by atoms with van der Waals surface area (Å²) in [5, 5.41) is 6.43. The molecular formula is C15H21ClN4O2. The first kappa shape index (κ1) is 18.0. The van der Waals surface area contributed by atoms with Gasteiger partial charge in [-0.25, -0.2) is 0 Å². The third kappa shape index (κ3) is 4.47. The second kappa shape index (κ2) is 7.82. The van der Waals surface area contributed by atoms with Gasteiger partial charge in [0.15, 0.2) is 0 Å². The highest BCUT2D eigenvalue weighted by molar-refractivity contribution is 5.94. The van der Waals surface area contributed by atoms with Crippen LogP contribution in [0.2, 0.25) is 0 Å². The lowest BCUT2D eigenvalue weighted by Gasteiger charge is -2.09. The second-order valence-corrected chi connectivity index (χ2v) is 5.12. The molecule has 0 saturated heterocycles. The van der Waals surface area contributed by atoms with E-state index in [1.54, 1.807) is 14.0 Å². The van der Waals surface area contributed by atoms with Crippen molar-refractivity contribution < 1.29 is 9.59 Å². The maximum absolute atomic E-state index is 11.7. The minimum Gasteiger partial charge on any atom is -0.358 e. The van der Waals surface area contributed by atoms with Gasteiger partial charge in [-0.2, -0.15) is 0 Å². The first-order valence-corrected chi connectivity index (χ1v) is 6.84. The number of carbonyl (C=O) groups excluding carboxylic acids is 2. The molecule has 0 spiro atoms. The molecule has 0 aliphatic carbocycles. The number of benzene rings is 1. The number of rotatable bonds is 5. The number of anilines is 1. The van der Waals surface area contributed by atoms with Crippen LogP contribution in [-0.2, 0) is 16.1 Å². The molecule has 7 heteroatoms. The zero-order valence-corrected chi connectivity index (χ0v) is 13.4. The van der Waals surface area contributed by atoms with Crippen LogP contribution in [0.1, 0.15) is 13.3 Å². The van der Waals surface area contributed by atoms with Crippen LogP contribution in [-0.4, -0.2) is 29.5 Å². The van der Waals surface area contributed by atoms with Gasteiger partial charge in [0, 0.05) is 31.4 Å². The molecule has 0 aliphatic heterocycles. The number of carbonyl (C=O) groups is 2. The van der Waals surface area contributed by atoms with E-state index in [-0.39, 0.29) is 43.2 Å². The zero-order chi connectivity index (χ0) is 15.4. The highest BCUT2D eigenvalue weighted by Crippen LogP contribution is 2.20. The summed E-state index contributed by atoms with van der Waals surface area (Å²) in [7, 11) is 1.60. The van der Waals surface area contributed by atoms with Crippen molar-refractivity contribution in [3.8, 4) is 0 Å². The standard InChI is InChI=1S/C15H20N4O2.ClH/c1-10(16)7-14(20)18-12-4-3-11-5-6-19(13(11)8-12)9-15(21)17-2;/h3-6,8,10H,7,9,16H2,1-2H3,(H,17,21)(H,18,20);1H. The number of hydrogen-bond donors (Lipinski definition) is 3. The minimum absolute atomic E-state index is 0. The molecule has 2 aromatic rings. The lowest BCUT2D eigenvalue weighted by atomic mass is 10.2. The molecule has 1 atom stereocenters. The van der Waals surface area contributed by atoms with Crippen LogP contribution >= 0.6 is 12.4 Å². The number of fused-ring (bicyclic) bond motifs is 1. The number of nitrogens with one attached hydrogen (secondary N) is 2. The van der Waals surface area contributed by atoms with E-state index in [0.29, 0.717) is 5.69 Å². The van der Waals surface area contributed by atoms with Gasteiger partial charge in [0.25, 0.3) is 0 Å². The fraction of sp³-hybridized carbons (Fsp3) is 0.333. The molecule has 0 aliphatic rings. The van der Waals surface area contributed by atoms with Crippen molar-refractivity contribution >= 4 is 40.8 Å². The Labute approximate surface area is 135 Å². The fourth-order valence-electron chi connectivity index (χ4n) is 2.14. The van der Waals surface area contributed by atoms with E-state index in [2.05, 4.69) is 10.6 Å². The number of nitrogens with two attached hydrogens (primary N) is 1. The Kier molecular flexibility index (Phi) is 6.39. The molecule has 22 heavy (non-hydrogen) atoms. The number of nitrogens with zero attached hydrogens (tertiary/aromatic N) is 1. The predicted molar refractivity (Wildman–Crippen MR) is 90.1 cm³/mol. The molecule has 1 heterocycles. The topological polar surface area (TPSA) is 89.2 Å². The molecule has 0 bridgehead atoms. The smallest absolute Gasteiger partial charge is 0.239 e. The monoisotopic (exact) mass is 324 g/mol. The Morgan fingerprint density at radius 2 is 2.00 bits per heavy atom. The Bertz CT molecular complexity index is 667. The molecule has 0 radical (unpaired) electrons. The number of hydrogen-bond acceptors (Lipinski definition) is 3. The summed E-state index contributed by atoms with van der Waals surface area (Å²) in [6, 6.07) is 7.37. The van der Waals surface area contributed by atoms with E-state index in [4.69, 9.17) is 5.73 Å². The van der Waals surface area contributed by atoms with E-state index >= 15 is 0 Å². The molecule has 120 valence electrons. The zero-order valence-electron chi connectivity index (χ0n) is 12.6. The van der Waals surface area contributed by atoms with E-state index < -0.39 is 0 Å². The Morgan fingerprint density at radius 1 is 1.27 bits per heavy atom. The van der Waals surface area contributed by atoms with Crippen molar-refractivity contribution in [3.63, 3.8) is 0 Å². The van der Waals surface area contributed by atoms with Gasteiger partial charge in [-0.3, -0.25) is 9.59 Å². The van der Waals surface area contributed by atoms with Crippen molar-refractivity contribution in [2.45, 2.75) is 25.9 Å². The molecule has 1 aromatic carbocycles. The summed E-state index contributed by atoms with van der Waals surface area (Å²) in [5.74, 6) is -0.187. The van der Waals surface area contributed by atoms with E-state index in [9.17, 15) is 9.59 Å². The maximum atomic E-state index is 11.7. The molecule has 2 amide bonds. The highest BCUT2D eigenvalue weighted by Gasteiger charge is 2.08. The van der Waals surface area contributed by atoms with Crippen LogP contribution in [0.3, 0.4) is 0 Å². The van der Waals surface area contributed by atoms with Crippen molar-refractivity contribution in [2.24, 2.45) is 5.73 Å². The summed E-state index contributed by atoms with van der Waals surface area (Å²) in [6.45, 7) is 2.04. The molecule has 0 saturated carbocycles. The lowest BCUT2D eigenvalue weighted by Crippen LogP contribution is -2.24. The van der Waals surface area contributed by atoms with Crippen LogP contribution in [0, 0.1) is 0 Å². The van der Waals surface area contributed by atoms with Gasteiger partial charge in [-0.1, -0.05) is 6.07 Å². The van der Waals surface area contributed by atoms with Gasteiger partial charge >= 0.3 is 0 Å². The van der Waals surface area contributed by atoms with Crippen LogP contribution in [0.5, 0.6) is 0 Å². The van der Waals surface area contributed by atoms with E-state index in [0.717, 1.165) is 10.9 Å². The normalized spacial score (nSPS) is 11.6. The first-order valence-electron chi connectivity index (χ1n) is 6.84. The Hall–Kier alpha value is -2.05. The number of halogens is 1. The Morgan fingerprint density at radius 3 is 2.64 bits per heavy atom. The minimum atomic E-state index is -0.175. The second-order valence-electron chi connectivity index (χ2n) is 5.12. The molecule has 2 rings (SSSR count). The van der Waals surface area contributed by atoms with Crippen molar-refractivity contribution in [1.29, 1.82) is 0 Å². The predicted octanol–water partition coefficient (Wildman–Crippen LogP) is 1.48. The molecule has 0 fully saturated rings. The quantitative estimate of drug-likeness (QED) is 0.778. The molecule has 1 unspecified atom stereocenters. The van der Waals surface area contributed by atoms with Crippen molar-refractivity contribution in [3.05, 3.63) is 30.5 Å². The van der Waals surface area contributed by atoms with E-state index in [1.807, 2.05) is 35.0 Å². The van der Waals surface area contributed by atoms with Gasteiger partial charge in [-0.15, -0.1) is 12.4 Å². The summed E-state index contributed by atoms with van der Waals surface area (Å²) < 4.78 is 1.84. The summed E-state index contributed by atoms with van der Waals surface area (Å²) in [4.78, 5) is 23.2. The van der Waals surface area contributed by atoms with Gasteiger partial charge < -0.3 is 20.9 Å². The summed E-state index contributed by atoms with van der Waals surface area (Å²) in [6.07, 6.45) is 2.13. The van der Waals surface area contributed by atoms with Crippen LogP contribution in [0.15, 0.2) is 30.5 Å². The van der Waals surface area contributed by atoms with Gasteiger partial charge in [-0.05, 0) is 30.5 Å². The average molecular weight is 325 g/mol. The molecule has 6 nitrogen and oxygen atoms in total. The lowest BCUT2D eigenvalue weighted by molar-refractivity contribution is -0.121. The third-order valence-corrected chi connectivity index (χ3v) is 3.16. The molecule has 1 aromatic heterocycles. The number of amides is 2. The van der Waals surface area contributed by atoms with Crippen LogP contribution < -0.4 is 16.4 Å². The van der Waals surface area contributed by atoms with Crippen LogP contribution in [0.25, 0.3) is 10.9 Å². The molecule has 4 N–H and O–H groups in total. The van der Waals surface area contributed by atoms with E-state index in [1.165, 1.54) is 0 Å².